The Hall–Kier alpha value is -3.72. The number of nitrogens with one attached hydrogen (secondary N) is 3. The van der Waals surface area contributed by atoms with Gasteiger partial charge in [-0.1, -0.05) is 4.98 Å². The number of ether oxygens (including phenoxy) is 1. The van der Waals surface area contributed by atoms with Gasteiger partial charge in [0.05, 0.1) is 49.8 Å². The van der Waals surface area contributed by atoms with E-state index >= 15 is 0 Å². The van der Waals surface area contributed by atoms with E-state index < -0.39 is 10.0 Å². The lowest BCUT2D eigenvalue weighted by atomic mass is 10.1. The third-order valence-corrected chi connectivity index (χ3v) is 9.38. The molecule has 0 bridgehead atoms. The summed E-state index contributed by atoms with van der Waals surface area (Å²) in [5.74, 6) is 0.487. The van der Waals surface area contributed by atoms with Crippen LogP contribution in [0.2, 0.25) is 0 Å². The van der Waals surface area contributed by atoms with E-state index in [0.717, 1.165) is 22.3 Å². The molecule has 0 spiro atoms. The van der Waals surface area contributed by atoms with Crippen molar-refractivity contribution in [1.82, 2.24) is 19.2 Å². The Morgan fingerprint density at radius 3 is 2.44 bits per heavy atom. The first-order chi connectivity index (χ1) is 18.8. The van der Waals surface area contributed by atoms with Crippen LogP contribution in [0.15, 0.2) is 47.6 Å². The molecule has 2 fully saturated rings. The van der Waals surface area contributed by atoms with Crippen LogP contribution >= 0.6 is 12.2 Å². The van der Waals surface area contributed by atoms with Gasteiger partial charge >= 0.3 is 0 Å². The van der Waals surface area contributed by atoms with E-state index in [0.29, 0.717) is 68.8 Å². The van der Waals surface area contributed by atoms with Crippen molar-refractivity contribution in [2.45, 2.75) is 4.90 Å². The standard InChI is InChI=1S/C25H27N7O5S2/c33-20-13-18-19(14-21(20)34)29-23-22(18)24(27-15-26-23)30-5-7-31(8-6-30)25(38)28-16-1-3-17(4-2-16)39(35,36)32-9-11-37-12-10-32/h1-4,13-15,33-34H,5-12H2,(H,28,38)(H,26,27,29)/p+1. The average molecular weight is 571 g/mol. The zero-order chi connectivity index (χ0) is 27.1. The Kier molecular flexibility index (Phi) is 6.62. The van der Waals surface area contributed by atoms with Gasteiger partial charge in [-0.15, -0.1) is 0 Å². The van der Waals surface area contributed by atoms with Crippen molar-refractivity contribution in [3.05, 3.63) is 42.7 Å². The van der Waals surface area contributed by atoms with Crippen molar-refractivity contribution >= 4 is 60.8 Å². The molecular weight excluding hydrogens is 542 g/mol. The molecule has 0 radical (unpaired) electrons. The Balaban J connectivity index is 1.12. The summed E-state index contributed by atoms with van der Waals surface area (Å²) in [6.45, 7) is 4.22. The van der Waals surface area contributed by atoms with Crippen LogP contribution in [0.5, 0.6) is 11.5 Å². The largest absolute Gasteiger partial charge is 0.504 e. The highest BCUT2D eigenvalue weighted by Crippen LogP contribution is 2.36. The summed E-state index contributed by atoms with van der Waals surface area (Å²) >= 11 is 5.65. The first kappa shape index (κ1) is 25.6. The van der Waals surface area contributed by atoms with Crippen LogP contribution in [0.25, 0.3) is 21.9 Å². The van der Waals surface area contributed by atoms with E-state index in [9.17, 15) is 18.6 Å². The molecule has 0 amide bonds. The normalized spacial score (nSPS) is 17.1. The fourth-order valence-electron chi connectivity index (χ4n) is 5.00. The molecule has 39 heavy (non-hydrogen) atoms. The van der Waals surface area contributed by atoms with Crippen molar-refractivity contribution in [1.29, 1.82) is 0 Å². The number of hydrogen-bond acceptors (Lipinski definition) is 8. The number of aromatic amines is 2. The van der Waals surface area contributed by atoms with Gasteiger partial charge in [-0.2, -0.15) is 4.31 Å². The highest BCUT2D eigenvalue weighted by Gasteiger charge is 2.28. The number of nitrogens with zero attached hydrogens (tertiary/aromatic N) is 4. The maximum absolute atomic E-state index is 12.9. The summed E-state index contributed by atoms with van der Waals surface area (Å²) in [5, 5.41) is 25.3. The van der Waals surface area contributed by atoms with Crippen LogP contribution in [0.1, 0.15) is 0 Å². The maximum atomic E-state index is 12.9. The van der Waals surface area contributed by atoms with Crippen LogP contribution < -0.4 is 15.2 Å². The van der Waals surface area contributed by atoms with E-state index in [1.165, 1.54) is 16.4 Å². The number of thiocarbonyl (C=S) groups is 1. The molecule has 2 aromatic heterocycles. The van der Waals surface area contributed by atoms with E-state index in [4.69, 9.17) is 17.0 Å². The second kappa shape index (κ2) is 10.1. The molecule has 204 valence electrons. The number of benzene rings is 2. The predicted molar refractivity (Wildman–Crippen MR) is 150 cm³/mol. The Bertz CT molecular complexity index is 1650. The third kappa shape index (κ3) is 4.80. The van der Waals surface area contributed by atoms with Gasteiger partial charge in [-0.3, -0.25) is 4.90 Å². The van der Waals surface area contributed by atoms with Crippen LogP contribution in [-0.2, 0) is 14.8 Å². The molecule has 5 N–H and O–H groups in total. The molecule has 0 saturated carbocycles. The topological polar surface area (TPSA) is 148 Å². The average Bonchev–Trinajstić information content (AvgIpc) is 3.31. The van der Waals surface area contributed by atoms with E-state index in [1.807, 2.05) is 0 Å². The summed E-state index contributed by atoms with van der Waals surface area (Å²) in [6.07, 6.45) is 1.62. The van der Waals surface area contributed by atoms with Crippen molar-refractivity contribution in [2.75, 3.05) is 62.7 Å². The molecule has 0 aliphatic carbocycles. The lowest BCUT2D eigenvalue weighted by Gasteiger charge is -2.34. The number of H-pyrrole nitrogens is 2. The van der Waals surface area contributed by atoms with Crippen LogP contribution in [0.3, 0.4) is 0 Å². The molecule has 2 saturated heterocycles. The number of piperazine rings is 1. The molecule has 2 aliphatic rings. The van der Waals surface area contributed by atoms with Gasteiger partial charge in [0.2, 0.25) is 27.8 Å². The predicted octanol–water partition coefficient (Wildman–Crippen LogP) is 1.48. The van der Waals surface area contributed by atoms with Crippen LogP contribution in [0.4, 0.5) is 11.5 Å². The van der Waals surface area contributed by atoms with E-state index in [-0.39, 0.29) is 16.4 Å². The molecule has 4 heterocycles. The van der Waals surface area contributed by atoms with Gasteiger partial charge in [0.1, 0.15) is 5.39 Å². The number of rotatable bonds is 4. The van der Waals surface area contributed by atoms with Crippen molar-refractivity contribution in [2.24, 2.45) is 0 Å². The highest BCUT2D eigenvalue weighted by molar-refractivity contribution is 7.89. The fourth-order valence-corrected chi connectivity index (χ4v) is 6.71. The SMILES string of the molecule is O=S(=O)(c1ccc(NC(=S)N2CCN(c3[nH+]cnc4[nH]c5cc(O)c(O)cc5c34)CC2)cc1)N1CCOCC1. The van der Waals surface area contributed by atoms with Gasteiger partial charge < -0.3 is 30.2 Å². The first-order valence-corrected chi connectivity index (χ1v) is 14.4. The number of hydrogen-bond donors (Lipinski definition) is 4. The second-order valence-electron chi connectivity index (χ2n) is 9.43. The zero-order valence-electron chi connectivity index (χ0n) is 20.9. The zero-order valence-corrected chi connectivity index (χ0v) is 22.6. The summed E-state index contributed by atoms with van der Waals surface area (Å²) in [6, 6.07) is 9.66. The second-order valence-corrected chi connectivity index (χ2v) is 11.8. The fraction of sp³-hybridized carbons (Fsp3) is 0.320. The molecule has 14 heteroatoms. The number of phenolic OH excluding ortho intramolecular Hbond substituents is 2. The Morgan fingerprint density at radius 1 is 1.03 bits per heavy atom. The van der Waals surface area contributed by atoms with Gasteiger partial charge in [0.25, 0.3) is 0 Å². The Morgan fingerprint density at radius 2 is 1.72 bits per heavy atom. The van der Waals surface area contributed by atoms with E-state index in [1.54, 1.807) is 30.6 Å². The minimum atomic E-state index is -3.55. The number of sulfonamides is 1. The number of fused-ring (bicyclic) bond motifs is 3. The lowest BCUT2D eigenvalue weighted by molar-refractivity contribution is -0.367. The smallest absolute Gasteiger partial charge is 0.243 e. The summed E-state index contributed by atoms with van der Waals surface area (Å²) < 4.78 is 32.4. The molecule has 2 aromatic carbocycles. The van der Waals surface area contributed by atoms with Crippen LogP contribution in [0, 0.1) is 0 Å². The molecule has 12 nitrogen and oxygen atoms in total. The summed E-state index contributed by atoms with van der Waals surface area (Å²) in [4.78, 5) is 15.3. The van der Waals surface area contributed by atoms with Gasteiger partial charge in [0.15, 0.2) is 16.6 Å². The number of aromatic nitrogens is 3. The number of anilines is 2. The first-order valence-electron chi connectivity index (χ1n) is 12.5. The van der Waals surface area contributed by atoms with Gasteiger partial charge in [0, 0.05) is 30.2 Å². The molecular formula is C25H28N7O5S2+. The minimum Gasteiger partial charge on any atom is -0.504 e. The third-order valence-electron chi connectivity index (χ3n) is 7.10. The van der Waals surface area contributed by atoms with E-state index in [2.05, 4.69) is 30.1 Å². The van der Waals surface area contributed by atoms with Gasteiger partial charge in [-0.25, -0.2) is 13.4 Å². The van der Waals surface area contributed by atoms with Crippen LogP contribution in [-0.4, -0.2) is 95.4 Å². The number of morpholine rings is 1. The molecule has 2 aliphatic heterocycles. The van der Waals surface area contributed by atoms with Crippen molar-refractivity contribution in [3.8, 4) is 11.5 Å². The maximum Gasteiger partial charge on any atom is 0.243 e. The highest BCUT2D eigenvalue weighted by atomic mass is 32.2. The van der Waals surface area contributed by atoms with Crippen molar-refractivity contribution < 1.29 is 28.4 Å². The minimum absolute atomic E-state index is 0.189. The monoisotopic (exact) mass is 570 g/mol. The van der Waals surface area contributed by atoms with Crippen molar-refractivity contribution in [3.63, 3.8) is 0 Å². The van der Waals surface area contributed by atoms with Gasteiger partial charge in [-0.05, 0) is 42.5 Å². The molecule has 4 aromatic rings. The Labute approximate surface area is 229 Å². The molecule has 0 atom stereocenters. The number of phenols is 2. The number of aromatic hydroxyl groups is 2. The molecule has 0 unspecified atom stereocenters. The lowest BCUT2D eigenvalue weighted by Crippen LogP contribution is -2.51. The molecule has 6 rings (SSSR count). The summed E-state index contributed by atoms with van der Waals surface area (Å²) in [7, 11) is -3.55. The summed E-state index contributed by atoms with van der Waals surface area (Å²) in [5.41, 5.74) is 2.05. The quantitative estimate of drug-likeness (QED) is 0.210.